The standard InChI is InChI=1S/C14H18N2O2/c1-9-10(2)14(18)16(13(9)17)8-12-5-3-4-11(6-12)7-15/h3-6,9-10H,7-8,15H2,1-2H3. The summed E-state index contributed by atoms with van der Waals surface area (Å²) in [5.74, 6) is -0.582. The molecular formula is C14H18N2O2. The number of hydrogen-bond donors (Lipinski definition) is 1. The summed E-state index contributed by atoms with van der Waals surface area (Å²) in [6, 6.07) is 7.68. The molecule has 1 heterocycles. The van der Waals surface area contributed by atoms with E-state index in [9.17, 15) is 9.59 Å². The van der Waals surface area contributed by atoms with Crippen molar-refractivity contribution in [3.8, 4) is 0 Å². The van der Waals surface area contributed by atoms with E-state index in [4.69, 9.17) is 5.73 Å². The summed E-state index contributed by atoms with van der Waals surface area (Å²) in [6.07, 6.45) is 0. The Balaban J connectivity index is 2.18. The average molecular weight is 246 g/mol. The summed E-state index contributed by atoms with van der Waals surface area (Å²) in [4.78, 5) is 25.3. The smallest absolute Gasteiger partial charge is 0.233 e. The maximum Gasteiger partial charge on any atom is 0.233 e. The SMILES string of the molecule is CC1C(=O)N(Cc2cccc(CN)c2)C(=O)C1C. The first-order valence-electron chi connectivity index (χ1n) is 6.17. The predicted molar refractivity (Wildman–Crippen MR) is 68.2 cm³/mol. The third-order valence-electron chi connectivity index (χ3n) is 3.63. The monoisotopic (exact) mass is 246 g/mol. The number of rotatable bonds is 3. The largest absolute Gasteiger partial charge is 0.326 e. The van der Waals surface area contributed by atoms with Gasteiger partial charge in [-0.3, -0.25) is 14.5 Å². The fourth-order valence-electron chi connectivity index (χ4n) is 2.22. The van der Waals surface area contributed by atoms with Crippen molar-refractivity contribution in [2.75, 3.05) is 0 Å². The number of carbonyl (C=O) groups excluding carboxylic acids is 2. The van der Waals surface area contributed by atoms with Crippen molar-refractivity contribution in [2.45, 2.75) is 26.9 Å². The highest BCUT2D eigenvalue weighted by Crippen LogP contribution is 2.26. The molecule has 2 rings (SSSR count). The Bertz CT molecular complexity index is 464. The molecule has 0 radical (unpaired) electrons. The van der Waals surface area contributed by atoms with Crippen LogP contribution in [0.1, 0.15) is 25.0 Å². The van der Waals surface area contributed by atoms with Gasteiger partial charge in [-0.15, -0.1) is 0 Å². The molecule has 1 fully saturated rings. The van der Waals surface area contributed by atoms with E-state index in [0.717, 1.165) is 11.1 Å². The molecule has 2 N–H and O–H groups in total. The normalized spacial score (nSPS) is 23.8. The first-order chi connectivity index (χ1) is 8.54. The first-order valence-corrected chi connectivity index (χ1v) is 6.17. The van der Waals surface area contributed by atoms with E-state index in [1.807, 2.05) is 24.3 Å². The summed E-state index contributed by atoms with van der Waals surface area (Å²) >= 11 is 0. The van der Waals surface area contributed by atoms with Gasteiger partial charge in [-0.25, -0.2) is 0 Å². The van der Waals surface area contributed by atoms with Crippen LogP contribution in [-0.4, -0.2) is 16.7 Å². The number of likely N-dealkylation sites (tertiary alicyclic amines) is 1. The zero-order valence-electron chi connectivity index (χ0n) is 10.7. The van der Waals surface area contributed by atoms with Crippen molar-refractivity contribution in [2.24, 2.45) is 17.6 Å². The lowest BCUT2D eigenvalue weighted by Crippen LogP contribution is -2.30. The Morgan fingerprint density at radius 3 is 2.22 bits per heavy atom. The third kappa shape index (κ3) is 2.16. The van der Waals surface area contributed by atoms with Gasteiger partial charge in [0.2, 0.25) is 11.8 Å². The topological polar surface area (TPSA) is 63.4 Å². The molecule has 4 heteroatoms. The zero-order chi connectivity index (χ0) is 13.3. The molecule has 1 aromatic carbocycles. The van der Waals surface area contributed by atoms with Crippen LogP contribution in [0.15, 0.2) is 24.3 Å². The minimum Gasteiger partial charge on any atom is -0.326 e. The second-order valence-corrected chi connectivity index (χ2v) is 4.86. The van der Waals surface area contributed by atoms with Gasteiger partial charge in [0.05, 0.1) is 6.54 Å². The van der Waals surface area contributed by atoms with Gasteiger partial charge in [0, 0.05) is 18.4 Å². The molecule has 0 bridgehead atoms. The fraction of sp³-hybridized carbons (Fsp3) is 0.429. The first kappa shape index (κ1) is 12.8. The van der Waals surface area contributed by atoms with Crippen molar-refractivity contribution in [3.63, 3.8) is 0 Å². The van der Waals surface area contributed by atoms with Crippen LogP contribution in [-0.2, 0) is 22.7 Å². The van der Waals surface area contributed by atoms with Crippen LogP contribution in [0.4, 0.5) is 0 Å². The molecule has 2 unspecified atom stereocenters. The minimum atomic E-state index is -0.213. The van der Waals surface area contributed by atoms with Crippen LogP contribution in [0.25, 0.3) is 0 Å². The summed E-state index contributed by atoms with van der Waals surface area (Å²) in [5, 5.41) is 0. The molecule has 1 aliphatic heterocycles. The second-order valence-electron chi connectivity index (χ2n) is 4.86. The van der Waals surface area contributed by atoms with Crippen LogP contribution >= 0.6 is 0 Å². The fourth-order valence-corrected chi connectivity index (χ4v) is 2.22. The van der Waals surface area contributed by atoms with Crippen LogP contribution in [0.3, 0.4) is 0 Å². The molecule has 4 nitrogen and oxygen atoms in total. The van der Waals surface area contributed by atoms with Gasteiger partial charge in [-0.05, 0) is 11.1 Å². The van der Waals surface area contributed by atoms with Crippen molar-refractivity contribution < 1.29 is 9.59 Å². The Labute approximate surface area is 107 Å². The quantitative estimate of drug-likeness (QED) is 0.817. The lowest BCUT2D eigenvalue weighted by Gasteiger charge is -2.15. The van der Waals surface area contributed by atoms with E-state index in [1.165, 1.54) is 4.90 Å². The van der Waals surface area contributed by atoms with Gasteiger partial charge in [0.25, 0.3) is 0 Å². The van der Waals surface area contributed by atoms with Crippen molar-refractivity contribution in [1.29, 1.82) is 0 Å². The Morgan fingerprint density at radius 1 is 1.11 bits per heavy atom. The zero-order valence-corrected chi connectivity index (χ0v) is 10.7. The van der Waals surface area contributed by atoms with Crippen LogP contribution < -0.4 is 5.73 Å². The number of amides is 2. The molecule has 0 saturated carbocycles. The summed E-state index contributed by atoms with van der Waals surface area (Å²) in [5.41, 5.74) is 7.53. The van der Waals surface area contributed by atoms with Crippen molar-refractivity contribution in [3.05, 3.63) is 35.4 Å². The number of hydrogen-bond acceptors (Lipinski definition) is 3. The maximum atomic E-state index is 12.0. The lowest BCUT2D eigenvalue weighted by molar-refractivity contribution is -0.140. The summed E-state index contributed by atoms with van der Waals surface area (Å²) in [6.45, 7) is 4.42. The molecule has 0 spiro atoms. The number of carbonyl (C=O) groups is 2. The molecule has 18 heavy (non-hydrogen) atoms. The van der Waals surface area contributed by atoms with E-state index in [1.54, 1.807) is 13.8 Å². The number of imide groups is 1. The van der Waals surface area contributed by atoms with Crippen LogP contribution in [0.5, 0.6) is 0 Å². The third-order valence-corrected chi connectivity index (χ3v) is 3.63. The van der Waals surface area contributed by atoms with Crippen LogP contribution in [0, 0.1) is 11.8 Å². The van der Waals surface area contributed by atoms with Gasteiger partial charge in [-0.2, -0.15) is 0 Å². The van der Waals surface area contributed by atoms with Crippen molar-refractivity contribution in [1.82, 2.24) is 4.90 Å². The number of nitrogens with zero attached hydrogens (tertiary/aromatic N) is 1. The summed E-state index contributed by atoms with van der Waals surface area (Å²) < 4.78 is 0. The Kier molecular flexibility index (Phi) is 3.48. The van der Waals surface area contributed by atoms with E-state index in [2.05, 4.69) is 0 Å². The average Bonchev–Trinajstić information content (AvgIpc) is 2.57. The van der Waals surface area contributed by atoms with Gasteiger partial charge >= 0.3 is 0 Å². The van der Waals surface area contributed by atoms with E-state index in [-0.39, 0.29) is 23.7 Å². The highest BCUT2D eigenvalue weighted by molar-refractivity contribution is 6.04. The highest BCUT2D eigenvalue weighted by atomic mass is 16.2. The maximum absolute atomic E-state index is 12.0. The molecule has 1 saturated heterocycles. The predicted octanol–water partition coefficient (Wildman–Crippen LogP) is 1.29. The highest BCUT2D eigenvalue weighted by Gasteiger charge is 2.41. The van der Waals surface area contributed by atoms with E-state index in [0.29, 0.717) is 13.1 Å². The molecule has 2 amide bonds. The number of benzene rings is 1. The minimum absolute atomic E-state index is 0.0781. The molecular weight excluding hydrogens is 228 g/mol. The van der Waals surface area contributed by atoms with Crippen molar-refractivity contribution >= 4 is 11.8 Å². The van der Waals surface area contributed by atoms with E-state index >= 15 is 0 Å². The summed E-state index contributed by atoms with van der Waals surface area (Å²) in [7, 11) is 0. The van der Waals surface area contributed by atoms with Gasteiger partial charge in [0.15, 0.2) is 0 Å². The molecule has 2 atom stereocenters. The van der Waals surface area contributed by atoms with Gasteiger partial charge in [-0.1, -0.05) is 38.1 Å². The van der Waals surface area contributed by atoms with Crippen LogP contribution in [0.2, 0.25) is 0 Å². The molecule has 96 valence electrons. The molecule has 1 aromatic rings. The van der Waals surface area contributed by atoms with Gasteiger partial charge < -0.3 is 5.73 Å². The molecule has 0 aromatic heterocycles. The number of nitrogens with two attached hydrogens (primary N) is 1. The van der Waals surface area contributed by atoms with E-state index < -0.39 is 0 Å². The lowest BCUT2D eigenvalue weighted by atomic mass is 10.00. The molecule has 1 aliphatic rings. The Hall–Kier alpha value is -1.68. The molecule has 0 aliphatic carbocycles. The Morgan fingerprint density at radius 2 is 1.67 bits per heavy atom. The second kappa shape index (κ2) is 4.90. The van der Waals surface area contributed by atoms with Gasteiger partial charge in [0.1, 0.15) is 0 Å².